The predicted molar refractivity (Wildman–Crippen MR) is 87.9 cm³/mol. The maximum Gasteiger partial charge on any atom is 0.416 e. The predicted octanol–water partition coefficient (Wildman–Crippen LogP) is 4.51. The Morgan fingerprint density at radius 2 is 1.83 bits per heavy atom. The quantitative estimate of drug-likeness (QED) is 0.614. The molecule has 3 nitrogen and oxygen atoms in total. The summed E-state index contributed by atoms with van der Waals surface area (Å²) >= 11 is 0. The number of alkyl halides is 3. The van der Waals surface area contributed by atoms with Gasteiger partial charge in [-0.25, -0.2) is 0 Å². The first-order valence-corrected chi connectivity index (χ1v) is 8.35. The van der Waals surface area contributed by atoms with Crippen LogP contribution < -0.4 is 5.32 Å². The van der Waals surface area contributed by atoms with E-state index in [4.69, 9.17) is 0 Å². The van der Waals surface area contributed by atoms with Gasteiger partial charge in [0.05, 0.1) is 11.0 Å². The van der Waals surface area contributed by atoms with Gasteiger partial charge in [-0.1, -0.05) is 32.0 Å². The fourth-order valence-electron chi connectivity index (χ4n) is 2.69. The molecule has 0 unspecified atom stereocenters. The highest BCUT2D eigenvalue weighted by Crippen LogP contribution is 2.29. The van der Waals surface area contributed by atoms with Crippen molar-refractivity contribution in [1.29, 1.82) is 0 Å². The highest BCUT2D eigenvalue weighted by molar-refractivity contribution is 5.74. The highest BCUT2D eigenvalue weighted by atomic mass is 19.4. The lowest BCUT2D eigenvalue weighted by atomic mass is 9.82. The van der Waals surface area contributed by atoms with Gasteiger partial charge in [-0.3, -0.25) is 4.79 Å². The van der Waals surface area contributed by atoms with E-state index in [0.717, 1.165) is 18.9 Å². The molecule has 24 heavy (non-hydrogen) atoms. The van der Waals surface area contributed by atoms with Crippen molar-refractivity contribution < 1.29 is 23.1 Å². The van der Waals surface area contributed by atoms with Crippen LogP contribution in [0.4, 0.5) is 13.2 Å². The van der Waals surface area contributed by atoms with Crippen LogP contribution in [0.3, 0.4) is 0 Å². The van der Waals surface area contributed by atoms with E-state index in [1.165, 1.54) is 12.1 Å². The molecular weight excluding hydrogens is 319 g/mol. The van der Waals surface area contributed by atoms with Crippen LogP contribution in [0.2, 0.25) is 0 Å². The summed E-state index contributed by atoms with van der Waals surface area (Å²) in [7, 11) is 0. The first kappa shape index (κ1) is 20.5. The maximum absolute atomic E-state index is 12.6. The van der Waals surface area contributed by atoms with E-state index in [-0.39, 0.29) is 0 Å². The first-order chi connectivity index (χ1) is 11.2. The molecule has 0 aliphatic heterocycles. The van der Waals surface area contributed by atoms with Crippen LogP contribution in [0.1, 0.15) is 50.7 Å². The Labute approximate surface area is 141 Å². The van der Waals surface area contributed by atoms with E-state index in [1.807, 2.05) is 13.8 Å². The van der Waals surface area contributed by atoms with Crippen molar-refractivity contribution in [2.45, 2.75) is 52.1 Å². The third kappa shape index (κ3) is 5.82. The van der Waals surface area contributed by atoms with Crippen LogP contribution in [0.25, 0.3) is 0 Å². The number of carbonyl (C=O) groups is 1. The van der Waals surface area contributed by atoms with Crippen LogP contribution in [-0.2, 0) is 17.4 Å². The molecule has 0 fully saturated rings. The van der Waals surface area contributed by atoms with Crippen LogP contribution in [0.5, 0.6) is 0 Å². The normalized spacial score (nSPS) is 12.4. The summed E-state index contributed by atoms with van der Waals surface area (Å²) in [4.78, 5) is 11.4. The first-order valence-electron chi connectivity index (χ1n) is 8.35. The summed E-state index contributed by atoms with van der Waals surface area (Å²) in [5, 5.41) is 12.5. The molecule has 0 heterocycles. The summed E-state index contributed by atoms with van der Waals surface area (Å²) in [6.45, 7) is 4.81. The van der Waals surface area contributed by atoms with Crippen LogP contribution in [0, 0.1) is 5.41 Å². The van der Waals surface area contributed by atoms with Crippen molar-refractivity contribution in [3.8, 4) is 0 Å². The van der Waals surface area contributed by atoms with Crippen molar-refractivity contribution in [1.82, 2.24) is 5.32 Å². The Morgan fingerprint density at radius 1 is 1.17 bits per heavy atom. The topological polar surface area (TPSA) is 49.3 Å². The molecule has 1 aromatic carbocycles. The molecule has 0 spiro atoms. The van der Waals surface area contributed by atoms with Crippen molar-refractivity contribution in [3.63, 3.8) is 0 Å². The van der Waals surface area contributed by atoms with Crippen LogP contribution in [0.15, 0.2) is 24.3 Å². The number of halogens is 3. The third-order valence-electron chi connectivity index (χ3n) is 4.59. The second kappa shape index (κ2) is 9.06. The number of benzene rings is 1. The highest BCUT2D eigenvalue weighted by Gasteiger charge is 2.34. The van der Waals surface area contributed by atoms with E-state index >= 15 is 0 Å². The Bertz CT molecular complexity index is 525. The minimum Gasteiger partial charge on any atom is -0.481 e. The molecule has 0 aliphatic carbocycles. The minimum absolute atomic E-state index is 0.416. The number of hydrogen-bond donors (Lipinski definition) is 2. The smallest absolute Gasteiger partial charge is 0.416 e. The average molecular weight is 345 g/mol. The average Bonchev–Trinajstić information content (AvgIpc) is 2.54. The second-order valence-electron chi connectivity index (χ2n) is 6.12. The number of carboxylic acids is 1. The van der Waals surface area contributed by atoms with Gasteiger partial charge >= 0.3 is 12.1 Å². The molecule has 0 bridgehead atoms. The summed E-state index contributed by atoms with van der Waals surface area (Å²) in [6, 6.07) is 5.40. The monoisotopic (exact) mass is 345 g/mol. The molecular formula is C18H26F3NO2. The fourth-order valence-corrected chi connectivity index (χ4v) is 2.69. The van der Waals surface area contributed by atoms with Gasteiger partial charge in [0.2, 0.25) is 0 Å². The van der Waals surface area contributed by atoms with Gasteiger partial charge < -0.3 is 10.4 Å². The van der Waals surface area contributed by atoms with Gasteiger partial charge in [-0.05, 0) is 50.3 Å². The van der Waals surface area contributed by atoms with E-state index in [0.29, 0.717) is 37.9 Å². The van der Waals surface area contributed by atoms with Crippen LogP contribution >= 0.6 is 0 Å². The van der Waals surface area contributed by atoms with E-state index in [2.05, 4.69) is 5.32 Å². The summed E-state index contributed by atoms with van der Waals surface area (Å²) < 4.78 is 37.9. The molecule has 0 saturated heterocycles. The van der Waals surface area contributed by atoms with Gasteiger partial charge in [0.15, 0.2) is 0 Å². The van der Waals surface area contributed by atoms with Crippen molar-refractivity contribution in [3.05, 3.63) is 35.4 Å². The molecule has 136 valence electrons. The second-order valence-corrected chi connectivity index (χ2v) is 6.12. The van der Waals surface area contributed by atoms with E-state index < -0.39 is 23.1 Å². The van der Waals surface area contributed by atoms with Crippen molar-refractivity contribution in [2.24, 2.45) is 5.41 Å². The minimum atomic E-state index is -4.31. The largest absolute Gasteiger partial charge is 0.481 e. The maximum atomic E-state index is 12.6. The van der Waals surface area contributed by atoms with Gasteiger partial charge in [-0.15, -0.1) is 0 Å². The zero-order chi connectivity index (χ0) is 18.2. The molecule has 0 aromatic heterocycles. The Balaban J connectivity index is 2.36. The van der Waals surface area contributed by atoms with Gasteiger partial charge in [0.25, 0.3) is 0 Å². The Hall–Kier alpha value is -1.56. The van der Waals surface area contributed by atoms with Crippen molar-refractivity contribution in [2.75, 3.05) is 13.1 Å². The van der Waals surface area contributed by atoms with Gasteiger partial charge in [-0.2, -0.15) is 13.2 Å². The van der Waals surface area contributed by atoms with E-state index in [1.54, 1.807) is 6.07 Å². The molecule has 6 heteroatoms. The summed E-state index contributed by atoms with van der Waals surface area (Å²) in [6.07, 6.45) is -1.05. The molecule has 1 aromatic rings. The Kier molecular flexibility index (Phi) is 7.73. The third-order valence-corrected chi connectivity index (χ3v) is 4.59. The number of hydrogen-bond acceptors (Lipinski definition) is 2. The fraction of sp³-hybridized carbons (Fsp3) is 0.611. The number of aryl methyl sites for hydroxylation is 1. The molecule has 0 saturated carbocycles. The summed E-state index contributed by atoms with van der Waals surface area (Å²) in [5.74, 6) is -0.788. The molecule has 1 rings (SSSR count). The standard InChI is InChI=1S/C18H26F3NO2/c1-3-17(4-2,16(23)24)13-22-11-6-5-8-14-9-7-10-15(12-14)18(19,20)21/h7,9-10,12,22H,3-6,8,11,13H2,1-2H3,(H,23,24). The van der Waals surface area contributed by atoms with Gasteiger partial charge in [0.1, 0.15) is 0 Å². The van der Waals surface area contributed by atoms with E-state index in [9.17, 15) is 23.1 Å². The lowest BCUT2D eigenvalue weighted by Crippen LogP contribution is -2.40. The van der Waals surface area contributed by atoms with Gasteiger partial charge in [0, 0.05) is 6.54 Å². The lowest BCUT2D eigenvalue weighted by molar-refractivity contribution is -0.149. The SMILES string of the molecule is CCC(CC)(CNCCCCc1cccc(C(F)(F)F)c1)C(=O)O. The molecule has 0 amide bonds. The molecule has 0 atom stereocenters. The lowest BCUT2D eigenvalue weighted by Gasteiger charge is -2.27. The Morgan fingerprint density at radius 3 is 2.38 bits per heavy atom. The molecule has 0 aliphatic rings. The molecule has 0 radical (unpaired) electrons. The zero-order valence-corrected chi connectivity index (χ0v) is 14.2. The summed E-state index contributed by atoms with van der Waals surface area (Å²) in [5.41, 5.74) is -0.678. The number of unbranched alkanes of at least 4 members (excludes halogenated alkanes) is 1. The number of aliphatic carboxylic acids is 1. The number of rotatable bonds is 10. The molecule has 2 N–H and O–H groups in total. The van der Waals surface area contributed by atoms with Crippen molar-refractivity contribution >= 4 is 5.97 Å². The number of carboxylic acid groups (broad SMARTS) is 1. The number of nitrogens with one attached hydrogen (secondary N) is 1. The van der Waals surface area contributed by atoms with Crippen LogP contribution in [-0.4, -0.2) is 24.2 Å². The zero-order valence-electron chi connectivity index (χ0n) is 14.2.